The molecule has 0 aromatic carbocycles. The number of rotatable bonds is 1. The summed E-state index contributed by atoms with van der Waals surface area (Å²) >= 11 is 1.70. The second-order valence-electron chi connectivity index (χ2n) is 2.87. The normalized spacial score (nSPS) is 30.3. The van der Waals surface area contributed by atoms with Gasteiger partial charge >= 0.3 is 0 Å². The van der Waals surface area contributed by atoms with Crippen LogP contribution in [0.15, 0.2) is 16.8 Å². The summed E-state index contributed by atoms with van der Waals surface area (Å²) in [6.07, 6.45) is 0. The maximum atomic E-state index is 11.2. The molecular weight excluding hydrogens is 190 g/mol. The third-order valence-corrected chi connectivity index (χ3v) is 4.08. The van der Waals surface area contributed by atoms with Gasteiger partial charge in [0.2, 0.25) is 0 Å². The lowest BCUT2D eigenvalue weighted by Gasteiger charge is -2.22. The molecule has 0 aliphatic carbocycles. The molecule has 0 radical (unpaired) electrons. The van der Waals surface area contributed by atoms with Crippen molar-refractivity contribution in [3.05, 3.63) is 22.4 Å². The van der Waals surface area contributed by atoms with Crippen LogP contribution in [-0.4, -0.2) is 22.3 Å². The van der Waals surface area contributed by atoms with Gasteiger partial charge in [0.1, 0.15) is 0 Å². The van der Waals surface area contributed by atoms with Crippen molar-refractivity contribution in [2.45, 2.75) is 6.04 Å². The molecule has 2 rings (SSSR count). The van der Waals surface area contributed by atoms with Crippen LogP contribution in [0, 0.1) is 0 Å². The predicted octanol–water partition coefficient (Wildman–Crippen LogP) is 1.14. The summed E-state index contributed by atoms with van der Waals surface area (Å²) in [7, 11) is -0.613. The van der Waals surface area contributed by atoms with Gasteiger partial charge in [-0.05, 0) is 22.4 Å². The minimum absolute atomic E-state index is 0.325. The van der Waals surface area contributed by atoms with Gasteiger partial charge in [0.15, 0.2) is 0 Å². The van der Waals surface area contributed by atoms with E-state index < -0.39 is 10.8 Å². The SMILES string of the molecule is O=S1CCNC(c2ccsc2)C1. The average molecular weight is 201 g/mol. The minimum Gasteiger partial charge on any atom is -0.308 e. The van der Waals surface area contributed by atoms with Crippen molar-refractivity contribution in [2.75, 3.05) is 18.1 Å². The predicted molar refractivity (Wildman–Crippen MR) is 52.9 cm³/mol. The third kappa shape index (κ3) is 1.76. The lowest BCUT2D eigenvalue weighted by Crippen LogP contribution is -2.35. The van der Waals surface area contributed by atoms with Crippen molar-refractivity contribution in [3.8, 4) is 0 Å². The Bertz CT molecular complexity index is 271. The van der Waals surface area contributed by atoms with Crippen molar-refractivity contribution < 1.29 is 4.21 Å². The van der Waals surface area contributed by atoms with E-state index in [1.165, 1.54) is 5.56 Å². The zero-order valence-electron chi connectivity index (χ0n) is 6.66. The molecule has 0 amide bonds. The van der Waals surface area contributed by atoms with Gasteiger partial charge in [-0.2, -0.15) is 11.3 Å². The Labute approximate surface area is 78.4 Å². The molecule has 1 aromatic rings. The molecule has 1 aliphatic heterocycles. The van der Waals surface area contributed by atoms with Crippen LogP contribution in [0.1, 0.15) is 11.6 Å². The lowest BCUT2D eigenvalue weighted by atomic mass is 10.2. The van der Waals surface area contributed by atoms with E-state index in [1.807, 2.05) is 0 Å². The first-order chi connectivity index (χ1) is 5.86. The Balaban J connectivity index is 2.09. The van der Waals surface area contributed by atoms with Gasteiger partial charge in [0.05, 0.1) is 0 Å². The molecule has 1 N–H and O–H groups in total. The Morgan fingerprint density at radius 2 is 2.58 bits per heavy atom. The highest BCUT2D eigenvalue weighted by Crippen LogP contribution is 2.19. The molecule has 1 fully saturated rings. The van der Waals surface area contributed by atoms with E-state index in [2.05, 4.69) is 22.1 Å². The summed E-state index contributed by atoms with van der Waals surface area (Å²) in [5.41, 5.74) is 1.29. The Morgan fingerprint density at radius 3 is 3.25 bits per heavy atom. The number of nitrogens with one attached hydrogen (secondary N) is 1. The topological polar surface area (TPSA) is 29.1 Å². The maximum Gasteiger partial charge on any atom is 0.0445 e. The summed E-state index contributed by atoms with van der Waals surface area (Å²) in [4.78, 5) is 0. The largest absolute Gasteiger partial charge is 0.308 e. The van der Waals surface area contributed by atoms with Crippen LogP contribution in [-0.2, 0) is 10.8 Å². The first-order valence-electron chi connectivity index (χ1n) is 3.97. The van der Waals surface area contributed by atoms with Crippen molar-refractivity contribution in [1.29, 1.82) is 0 Å². The molecule has 12 heavy (non-hydrogen) atoms. The fraction of sp³-hybridized carbons (Fsp3) is 0.500. The zero-order chi connectivity index (χ0) is 8.39. The molecule has 1 aliphatic rings. The molecule has 1 aromatic heterocycles. The monoisotopic (exact) mass is 201 g/mol. The van der Waals surface area contributed by atoms with Crippen LogP contribution in [0.5, 0.6) is 0 Å². The highest BCUT2D eigenvalue weighted by atomic mass is 32.2. The van der Waals surface area contributed by atoms with Crippen molar-refractivity contribution in [2.24, 2.45) is 0 Å². The van der Waals surface area contributed by atoms with E-state index in [0.29, 0.717) is 6.04 Å². The summed E-state index contributed by atoms with van der Waals surface area (Å²) in [6.45, 7) is 0.882. The number of hydrogen-bond donors (Lipinski definition) is 1. The second-order valence-corrected chi connectivity index (χ2v) is 5.28. The molecule has 66 valence electrons. The molecule has 2 nitrogen and oxygen atoms in total. The summed E-state index contributed by atoms with van der Waals surface area (Å²) in [6, 6.07) is 2.43. The molecule has 0 saturated carbocycles. The molecule has 2 atom stereocenters. The summed E-state index contributed by atoms with van der Waals surface area (Å²) < 4.78 is 11.2. The first kappa shape index (κ1) is 8.41. The van der Waals surface area contributed by atoms with Crippen LogP contribution >= 0.6 is 11.3 Å². The van der Waals surface area contributed by atoms with Crippen molar-refractivity contribution in [1.82, 2.24) is 5.32 Å². The van der Waals surface area contributed by atoms with Crippen LogP contribution in [0.3, 0.4) is 0 Å². The fourth-order valence-electron chi connectivity index (χ4n) is 1.36. The second kappa shape index (κ2) is 3.68. The van der Waals surface area contributed by atoms with Gasteiger partial charge in [-0.1, -0.05) is 0 Å². The van der Waals surface area contributed by atoms with Crippen LogP contribution in [0.4, 0.5) is 0 Å². The number of hydrogen-bond acceptors (Lipinski definition) is 3. The number of thiophene rings is 1. The highest BCUT2D eigenvalue weighted by molar-refractivity contribution is 7.85. The van der Waals surface area contributed by atoms with Gasteiger partial charge < -0.3 is 5.32 Å². The molecular formula is C8H11NOS2. The fourth-order valence-corrected chi connectivity index (χ4v) is 3.27. The van der Waals surface area contributed by atoms with Crippen LogP contribution < -0.4 is 5.32 Å². The van der Waals surface area contributed by atoms with E-state index >= 15 is 0 Å². The average Bonchev–Trinajstić information content (AvgIpc) is 2.56. The molecule has 0 bridgehead atoms. The zero-order valence-corrected chi connectivity index (χ0v) is 8.29. The molecule has 2 heterocycles. The quantitative estimate of drug-likeness (QED) is 0.738. The highest BCUT2D eigenvalue weighted by Gasteiger charge is 2.19. The van der Waals surface area contributed by atoms with E-state index in [-0.39, 0.29) is 0 Å². The van der Waals surface area contributed by atoms with Crippen molar-refractivity contribution in [3.63, 3.8) is 0 Å². The van der Waals surface area contributed by atoms with E-state index in [1.54, 1.807) is 11.3 Å². The Kier molecular flexibility index (Phi) is 2.58. The summed E-state index contributed by atoms with van der Waals surface area (Å²) in [5, 5.41) is 7.55. The molecule has 4 heteroatoms. The lowest BCUT2D eigenvalue weighted by molar-refractivity contribution is 0.573. The van der Waals surface area contributed by atoms with E-state index in [4.69, 9.17) is 0 Å². The first-order valence-corrected chi connectivity index (χ1v) is 6.40. The maximum absolute atomic E-state index is 11.2. The van der Waals surface area contributed by atoms with Crippen LogP contribution in [0.25, 0.3) is 0 Å². The van der Waals surface area contributed by atoms with Gasteiger partial charge in [-0.3, -0.25) is 4.21 Å². The van der Waals surface area contributed by atoms with Gasteiger partial charge in [0.25, 0.3) is 0 Å². The van der Waals surface area contributed by atoms with Crippen LogP contribution in [0.2, 0.25) is 0 Å². The smallest absolute Gasteiger partial charge is 0.0445 e. The van der Waals surface area contributed by atoms with Gasteiger partial charge in [0, 0.05) is 34.9 Å². The Hall–Kier alpha value is -0.190. The van der Waals surface area contributed by atoms with E-state index in [9.17, 15) is 4.21 Å². The third-order valence-electron chi connectivity index (χ3n) is 2.02. The molecule has 0 spiro atoms. The summed E-state index contributed by atoms with van der Waals surface area (Å²) in [5.74, 6) is 1.58. The minimum atomic E-state index is -0.613. The standard InChI is InChI=1S/C8H11NOS2/c10-12-4-2-9-8(6-12)7-1-3-11-5-7/h1,3,5,8-9H,2,4,6H2. The molecule has 1 saturated heterocycles. The van der Waals surface area contributed by atoms with E-state index in [0.717, 1.165) is 18.1 Å². The van der Waals surface area contributed by atoms with Gasteiger partial charge in [-0.25, -0.2) is 0 Å². The Morgan fingerprint density at radius 1 is 1.67 bits per heavy atom. The van der Waals surface area contributed by atoms with Gasteiger partial charge in [-0.15, -0.1) is 0 Å². The van der Waals surface area contributed by atoms with Crippen molar-refractivity contribution >= 4 is 22.1 Å². The molecule has 2 unspecified atom stereocenters.